The second-order valence-corrected chi connectivity index (χ2v) is 7.95. The Morgan fingerprint density at radius 1 is 1.52 bits per heavy atom. The first-order chi connectivity index (χ1) is 12.0. The second kappa shape index (κ2) is 7.63. The smallest absolute Gasteiger partial charge is 0.356 e. The number of hydrogen-bond donors (Lipinski definition) is 1. The zero-order chi connectivity index (χ0) is 18.0. The minimum atomic E-state index is -0.663. The van der Waals surface area contributed by atoms with Gasteiger partial charge in [0.25, 0.3) is 5.91 Å². The Balaban J connectivity index is 1.66. The first kappa shape index (κ1) is 18.0. The van der Waals surface area contributed by atoms with Crippen molar-refractivity contribution in [1.29, 1.82) is 0 Å². The van der Waals surface area contributed by atoms with Gasteiger partial charge in [-0.2, -0.15) is 0 Å². The van der Waals surface area contributed by atoms with Gasteiger partial charge in [0.15, 0.2) is 0 Å². The molecule has 0 unspecified atom stereocenters. The largest absolute Gasteiger partial charge is 0.457 e. The molecule has 2 atom stereocenters. The molecule has 6 nitrogen and oxygen atoms in total. The van der Waals surface area contributed by atoms with E-state index in [2.05, 4.69) is 11.9 Å². The standard InChI is InChI=1S/C16H15ClN2O4S2/c1-2-5-23-16(22)13-10(17)8-25-15-12(14(21)19(13)15)18-11(20)7-9-4-3-6-24-9/h2-4,6,12,15H,1,5,7-8H2,(H,18,20)/t12-,15-/m1/s1. The lowest BCUT2D eigenvalue weighted by Crippen LogP contribution is -2.70. The van der Waals surface area contributed by atoms with Crippen molar-refractivity contribution in [3.63, 3.8) is 0 Å². The van der Waals surface area contributed by atoms with Crippen molar-refractivity contribution in [3.05, 3.63) is 45.8 Å². The molecule has 132 valence electrons. The number of fused-ring (bicyclic) bond motifs is 1. The highest BCUT2D eigenvalue weighted by Crippen LogP contribution is 2.41. The van der Waals surface area contributed by atoms with Crippen LogP contribution in [-0.2, 0) is 25.5 Å². The van der Waals surface area contributed by atoms with Gasteiger partial charge in [-0.25, -0.2) is 4.79 Å². The van der Waals surface area contributed by atoms with Crippen LogP contribution in [-0.4, -0.2) is 46.5 Å². The summed E-state index contributed by atoms with van der Waals surface area (Å²) in [4.78, 5) is 38.9. The maximum Gasteiger partial charge on any atom is 0.356 e. The summed E-state index contributed by atoms with van der Waals surface area (Å²) in [5.41, 5.74) is 0.0565. The fourth-order valence-electron chi connectivity index (χ4n) is 2.57. The Bertz CT molecular complexity index is 747. The third-order valence-electron chi connectivity index (χ3n) is 3.68. The van der Waals surface area contributed by atoms with E-state index in [1.54, 1.807) is 0 Å². The lowest BCUT2D eigenvalue weighted by atomic mass is 10.0. The predicted octanol–water partition coefficient (Wildman–Crippen LogP) is 1.87. The molecule has 2 aliphatic rings. The van der Waals surface area contributed by atoms with Gasteiger partial charge in [0.2, 0.25) is 5.91 Å². The van der Waals surface area contributed by atoms with Crippen molar-refractivity contribution < 1.29 is 19.1 Å². The van der Waals surface area contributed by atoms with E-state index in [1.165, 1.54) is 34.1 Å². The molecule has 1 fully saturated rings. The number of esters is 1. The van der Waals surface area contributed by atoms with Gasteiger partial charge in [0, 0.05) is 10.6 Å². The zero-order valence-corrected chi connectivity index (χ0v) is 15.5. The van der Waals surface area contributed by atoms with Crippen LogP contribution in [0.1, 0.15) is 4.88 Å². The number of halogens is 1. The Hall–Kier alpha value is -1.77. The number of β-lactam (4-membered cyclic amide) rings is 1. The molecule has 1 saturated heterocycles. The number of thiophene rings is 1. The monoisotopic (exact) mass is 398 g/mol. The van der Waals surface area contributed by atoms with Gasteiger partial charge in [-0.3, -0.25) is 14.5 Å². The van der Waals surface area contributed by atoms with Crippen LogP contribution in [0.15, 0.2) is 40.9 Å². The Labute approximate surface area is 157 Å². The Morgan fingerprint density at radius 3 is 3.00 bits per heavy atom. The third-order valence-corrected chi connectivity index (χ3v) is 6.31. The number of ether oxygens (including phenoxy) is 1. The van der Waals surface area contributed by atoms with Crippen LogP contribution in [0.2, 0.25) is 0 Å². The van der Waals surface area contributed by atoms with E-state index >= 15 is 0 Å². The maximum absolute atomic E-state index is 12.4. The average Bonchev–Trinajstić information content (AvgIpc) is 3.10. The summed E-state index contributed by atoms with van der Waals surface area (Å²) in [6, 6.07) is 3.07. The number of thioether (sulfide) groups is 1. The lowest BCUT2D eigenvalue weighted by Gasteiger charge is -2.49. The minimum Gasteiger partial charge on any atom is -0.457 e. The molecule has 0 radical (unpaired) electrons. The van der Waals surface area contributed by atoms with E-state index in [-0.39, 0.29) is 40.9 Å². The van der Waals surface area contributed by atoms with E-state index in [0.29, 0.717) is 5.75 Å². The topological polar surface area (TPSA) is 75.7 Å². The third kappa shape index (κ3) is 3.61. The molecule has 0 bridgehead atoms. The average molecular weight is 399 g/mol. The molecule has 3 heterocycles. The number of nitrogens with zero attached hydrogens (tertiary/aromatic N) is 1. The van der Waals surface area contributed by atoms with Crippen LogP contribution in [0.5, 0.6) is 0 Å². The SMILES string of the molecule is C=CCOC(=O)C1=C(Cl)CS[C@@H]2[C@H](NC(=O)Cc3cccs3)C(=O)N12. The fraction of sp³-hybridized carbons (Fsp3) is 0.312. The summed E-state index contributed by atoms with van der Waals surface area (Å²) in [5.74, 6) is -0.865. The summed E-state index contributed by atoms with van der Waals surface area (Å²) in [6.07, 6.45) is 1.66. The van der Waals surface area contributed by atoms with Crippen molar-refractivity contribution in [2.45, 2.75) is 17.8 Å². The van der Waals surface area contributed by atoms with Gasteiger partial charge < -0.3 is 10.1 Å². The van der Waals surface area contributed by atoms with Crippen molar-refractivity contribution >= 4 is 52.5 Å². The second-order valence-electron chi connectivity index (χ2n) is 5.35. The van der Waals surface area contributed by atoms with E-state index < -0.39 is 12.0 Å². The molecule has 1 aromatic heterocycles. The van der Waals surface area contributed by atoms with E-state index in [9.17, 15) is 14.4 Å². The predicted molar refractivity (Wildman–Crippen MR) is 97.1 cm³/mol. The number of hydrogen-bond acceptors (Lipinski definition) is 6. The van der Waals surface area contributed by atoms with Crippen molar-refractivity contribution in [2.75, 3.05) is 12.4 Å². The highest BCUT2D eigenvalue weighted by atomic mass is 35.5. The molecule has 3 rings (SSSR count). The molecular formula is C16H15ClN2O4S2. The van der Waals surface area contributed by atoms with Crippen LogP contribution < -0.4 is 5.32 Å². The Morgan fingerprint density at radius 2 is 2.32 bits per heavy atom. The van der Waals surface area contributed by atoms with Crippen LogP contribution in [0.4, 0.5) is 0 Å². The zero-order valence-electron chi connectivity index (χ0n) is 13.1. The number of nitrogens with one attached hydrogen (secondary N) is 1. The maximum atomic E-state index is 12.4. The first-order valence-electron chi connectivity index (χ1n) is 7.46. The molecule has 0 aromatic carbocycles. The normalized spacial score (nSPS) is 22.1. The van der Waals surface area contributed by atoms with Crippen molar-refractivity contribution in [3.8, 4) is 0 Å². The van der Waals surface area contributed by atoms with Crippen molar-refractivity contribution in [1.82, 2.24) is 10.2 Å². The van der Waals surface area contributed by atoms with Crippen LogP contribution in [0.3, 0.4) is 0 Å². The first-order valence-corrected chi connectivity index (χ1v) is 9.76. The van der Waals surface area contributed by atoms with Crippen LogP contribution >= 0.6 is 34.7 Å². The molecule has 2 aliphatic heterocycles. The van der Waals surface area contributed by atoms with Gasteiger partial charge in [-0.05, 0) is 11.4 Å². The fourth-order valence-corrected chi connectivity index (χ4v) is 4.82. The highest BCUT2D eigenvalue weighted by molar-refractivity contribution is 8.00. The number of amides is 2. The minimum absolute atomic E-state index is 0.0350. The Kier molecular flexibility index (Phi) is 5.51. The van der Waals surface area contributed by atoms with Gasteiger partial charge in [0.1, 0.15) is 23.7 Å². The number of carbonyl (C=O) groups is 3. The molecular weight excluding hydrogens is 384 g/mol. The van der Waals surface area contributed by atoms with E-state index in [0.717, 1.165) is 4.88 Å². The molecule has 9 heteroatoms. The van der Waals surface area contributed by atoms with Crippen LogP contribution in [0, 0.1) is 0 Å². The summed E-state index contributed by atoms with van der Waals surface area (Å²) in [7, 11) is 0. The summed E-state index contributed by atoms with van der Waals surface area (Å²) in [5, 5.41) is 4.55. The molecule has 0 spiro atoms. The molecule has 2 amide bonds. The number of carbonyl (C=O) groups excluding carboxylic acids is 3. The number of rotatable bonds is 6. The molecule has 0 aliphatic carbocycles. The quantitative estimate of drug-likeness (QED) is 0.450. The van der Waals surface area contributed by atoms with Crippen LogP contribution in [0.25, 0.3) is 0 Å². The summed E-state index contributed by atoms with van der Waals surface area (Å²) >= 11 is 9.00. The highest BCUT2D eigenvalue weighted by Gasteiger charge is 2.54. The molecule has 25 heavy (non-hydrogen) atoms. The summed E-state index contributed by atoms with van der Waals surface area (Å²) < 4.78 is 5.00. The summed E-state index contributed by atoms with van der Waals surface area (Å²) in [6.45, 7) is 3.51. The molecule has 1 aromatic rings. The van der Waals surface area contributed by atoms with Gasteiger partial charge in [-0.1, -0.05) is 30.3 Å². The molecule has 1 N–H and O–H groups in total. The van der Waals surface area contributed by atoms with Gasteiger partial charge >= 0.3 is 5.97 Å². The van der Waals surface area contributed by atoms with Crippen molar-refractivity contribution in [2.24, 2.45) is 0 Å². The molecule has 0 saturated carbocycles. The van der Waals surface area contributed by atoms with E-state index in [1.807, 2.05) is 17.5 Å². The van der Waals surface area contributed by atoms with E-state index in [4.69, 9.17) is 16.3 Å². The lowest BCUT2D eigenvalue weighted by molar-refractivity contribution is -0.152. The van der Waals surface area contributed by atoms with Gasteiger partial charge in [-0.15, -0.1) is 23.1 Å². The van der Waals surface area contributed by atoms with Gasteiger partial charge in [0.05, 0.1) is 11.5 Å².